The van der Waals surface area contributed by atoms with Gasteiger partial charge >= 0.3 is 6.09 Å². The number of benzene rings is 1. The molecule has 0 spiro atoms. The molecule has 1 saturated heterocycles. The van der Waals surface area contributed by atoms with Gasteiger partial charge < -0.3 is 24.8 Å². The van der Waals surface area contributed by atoms with Crippen molar-refractivity contribution in [2.45, 2.75) is 45.1 Å². The molecule has 2 aromatic rings. The summed E-state index contributed by atoms with van der Waals surface area (Å²) < 4.78 is 30.7. The van der Waals surface area contributed by atoms with E-state index < -0.39 is 11.4 Å². The summed E-state index contributed by atoms with van der Waals surface area (Å²) in [6.07, 6.45) is 0.941. The Bertz CT molecular complexity index is 921. The number of carbonyl (C=O) groups excluding carboxylic acids is 1. The van der Waals surface area contributed by atoms with Crippen molar-refractivity contribution in [2.75, 3.05) is 33.0 Å². The number of hydrogen-bond donors (Lipinski definition) is 1. The third-order valence-electron chi connectivity index (χ3n) is 4.83. The highest BCUT2D eigenvalue weighted by atomic mass is 19.1. The quantitative estimate of drug-likeness (QED) is 0.833. The Labute approximate surface area is 169 Å². The zero-order chi connectivity index (χ0) is 21.3. The number of aromatic nitrogens is 2. The number of nitrogen functional groups attached to an aromatic ring is 1. The molecule has 0 unspecified atom stereocenters. The standard InChI is InChI=1S/C20H27FN4O4/c1-20(2,3)29-19(26)25-8-6-11(7-9-25)18-23-15-12(17(22)24-18)10-13(27-4)16(28-5)14(15)21/h10-11H,6-9H2,1-5H3,(H2,22,23,24). The SMILES string of the molecule is COc1cc2c(N)nc(C3CCN(C(=O)OC(C)(C)C)CC3)nc2c(F)c1OC. The Morgan fingerprint density at radius 2 is 1.86 bits per heavy atom. The number of piperidine rings is 1. The van der Waals surface area contributed by atoms with Gasteiger partial charge in [-0.25, -0.2) is 19.2 Å². The van der Waals surface area contributed by atoms with Gasteiger partial charge in [-0.1, -0.05) is 0 Å². The van der Waals surface area contributed by atoms with E-state index in [4.69, 9.17) is 19.9 Å². The number of likely N-dealkylation sites (tertiary alicyclic amines) is 1. The van der Waals surface area contributed by atoms with Crippen LogP contribution in [0.4, 0.5) is 15.0 Å². The summed E-state index contributed by atoms with van der Waals surface area (Å²) in [5.41, 5.74) is 5.65. The summed E-state index contributed by atoms with van der Waals surface area (Å²) in [6.45, 7) is 6.52. The van der Waals surface area contributed by atoms with Gasteiger partial charge in [-0.05, 0) is 39.7 Å². The summed E-state index contributed by atoms with van der Waals surface area (Å²) in [6, 6.07) is 1.57. The van der Waals surface area contributed by atoms with Crippen LogP contribution < -0.4 is 15.2 Å². The van der Waals surface area contributed by atoms with Gasteiger partial charge in [0.15, 0.2) is 17.3 Å². The molecule has 2 N–H and O–H groups in total. The van der Waals surface area contributed by atoms with Crippen LogP contribution in [0.25, 0.3) is 10.9 Å². The van der Waals surface area contributed by atoms with E-state index in [9.17, 15) is 9.18 Å². The van der Waals surface area contributed by atoms with Crippen LogP contribution in [-0.2, 0) is 4.74 Å². The fourth-order valence-electron chi connectivity index (χ4n) is 3.40. The van der Waals surface area contributed by atoms with Crippen LogP contribution >= 0.6 is 0 Å². The Morgan fingerprint density at radius 3 is 2.41 bits per heavy atom. The van der Waals surface area contributed by atoms with Gasteiger partial charge in [-0.15, -0.1) is 0 Å². The van der Waals surface area contributed by atoms with Crippen molar-refractivity contribution in [3.8, 4) is 11.5 Å². The van der Waals surface area contributed by atoms with E-state index in [1.54, 1.807) is 11.0 Å². The Kier molecular flexibility index (Phi) is 5.68. The van der Waals surface area contributed by atoms with E-state index in [0.29, 0.717) is 37.1 Å². The van der Waals surface area contributed by atoms with Crippen molar-refractivity contribution in [3.63, 3.8) is 0 Å². The van der Waals surface area contributed by atoms with Gasteiger partial charge in [0.25, 0.3) is 0 Å². The first-order chi connectivity index (χ1) is 13.6. The maximum absolute atomic E-state index is 14.9. The van der Waals surface area contributed by atoms with Crippen LogP contribution in [0, 0.1) is 5.82 Å². The van der Waals surface area contributed by atoms with E-state index in [-0.39, 0.29) is 34.8 Å². The third kappa shape index (κ3) is 4.28. The summed E-state index contributed by atoms with van der Waals surface area (Å²) in [5.74, 6) is 0.177. The normalized spacial score (nSPS) is 15.4. The maximum atomic E-state index is 14.9. The number of hydrogen-bond acceptors (Lipinski definition) is 7. The summed E-state index contributed by atoms with van der Waals surface area (Å²) >= 11 is 0. The lowest BCUT2D eigenvalue weighted by Crippen LogP contribution is -2.41. The van der Waals surface area contributed by atoms with Crippen molar-refractivity contribution in [1.82, 2.24) is 14.9 Å². The topological polar surface area (TPSA) is 99.8 Å². The largest absolute Gasteiger partial charge is 0.493 e. The number of anilines is 1. The Morgan fingerprint density at radius 1 is 1.21 bits per heavy atom. The molecule has 0 radical (unpaired) electrons. The lowest BCUT2D eigenvalue weighted by atomic mass is 9.96. The van der Waals surface area contributed by atoms with Crippen LogP contribution in [0.1, 0.15) is 45.4 Å². The smallest absolute Gasteiger partial charge is 0.410 e. The highest BCUT2D eigenvalue weighted by Gasteiger charge is 2.29. The van der Waals surface area contributed by atoms with E-state index >= 15 is 0 Å². The lowest BCUT2D eigenvalue weighted by Gasteiger charge is -2.33. The number of fused-ring (bicyclic) bond motifs is 1. The molecule has 1 fully saturated rings. The molecular formula is C20H27FN4O4. The first-order valence-corrected chi connectivity index (χ1v) is 9.50. The van der Waals surface area contributed by atoms with Crippen molar-refractivity contribution in [3.05, 3.63) is 17.7 Å². The number of ether oxygens (including phenoxy) is 3. The molecule has 3 rings (SSSR count). The Hall–Kier alpha value is -2.84. The van der Waals surface area contributed by atoms with Crippen LogP contribution in [0.3, 0.4) is 0 Å². The average Bonchev–Trinajstić information content (AvgIpc) is 2.67. The van der Waals surface area contributed by atoms with E-state index in [1.807, 2.05) is 20.8 Å². The molecule has 1 aromatic carbocycles. The zero-order valence-corrected chi connectivity index (χ0v) is 17.4. The highest BCUT2D eigenvalue weighted by Crippen LogP contribution is 2.38. The van der Waals surface area contributed by atoms with Crippen LogP contribution in [0.2, 0.25) is 0 Å². The van der Waals surface area contributed by atoms with Gasteiger partial charge in [0, 0.05) is 24.4 Å². The number of rotatable bonds is 3. The molecule has 1 aliphatic heterocycles. The summed E-state index contributed by atoms with van der Waals surface area (Å²) in [7, 11) is 2.79. The third-order valence-corrected chi connectivity index (χ3v) is 4.83. The summed E-state index contributed by atoms with van der Waals surface area (Å²) in [4.78, 5) is 22.7. The van der Waals surface area contributed by atoms with E-state index in [2.05, 4.69) is 9.97 Å². The average molecular weight is 406 g/mol. The first kappa shape index (κ1) is 20.9. The van der Waals surface area contributed by atoms with Gasteiger partial charge in [0.05, 0.1) is 14.2 Å². The molecule has 8 nitrogen and oxygen atoms in total. The molecule has 0 saturated carbocycles. The number of nitrogens with zero attached hydrogens (tertiary/aromatic N) is 3. The second-order valence-corrected chi connectivity index (χ2v) is 8.03. The molecule has 1 aromatic heterocycles. The molecule has 1 amide bonds. The van der Waals surface area contributed by atoms with Gasteiger partial charge in [-0.2, -0.15) is 0 Å². The molecular weight excluding hydrogens is 379 g/mol. The minimum absolute atomic E-state index is 0.0243. The van der Waals surface area contributed by atoms with Crippen LogP contribution in [0.15, 0.2) is 6.07 Å². The highest BCUT2D eigenvalue weighted by molar-refractivity contribution is 5.91. The van der Waals surface area contributed by atoms with Gasteiger partial charge in [0.1, 0.15) is 22.8 Å². The molecule has 0 aliphatic carbocycles. The lowest BCUT2D eigenvalue weighted by molar-refractivity contribution is 0.0203. The molecule has 29 heavy (non-hydrogen) atoms. The Balaban J connectivity index is 1.84. The predicted molar refractivity (Wildman–Crippen MR) is 107 cm³/mol. The number of carbonyl (C=O) groups is 1. The minimum atomic E-state index is -0.636. The van der Waals surface area contributed by atoms with Crippen molar-refractivity contribution >= 4 is 22.8 Å². The number of halogens is 1. The first-order valence-electron chi connectivity index (χ1n) is 9.50. The molecule has 0 atom stereocenters. The molecule has 9 heteroatoms. The molecule has 158 valence electrons. The summed E-state index contributed by atoms with van der Waals surface area (Å²) in [5, 5.41) is 0.370. The maximum Gasteiger partial charge on any atom is 0.410 e. The van der Waals surface area contributed by atoms with Gasteiger partial charge in [-0.3, -0.25) is 0 Å². The van der Waals surface area contributed by atoms with E-state index in [1.165, 1.54) is 14.2 Å². The van der Waals surface area contributed by atoms with E-state index in [0.717, 1.165) is 0 Å². The van der Waals surface area contributed by atoms with Crippen molar-refractivity contribution in [1.29, 1.82) is 0 Å². The minimum Gasteiger partial charge on any atom is -0.493 e. The molecule has 1 aliphatic rings. The van der Waals surface area contributed by atoms with Crippen LogP contribution in [-0.4, -0.2) is 53.9 Å². The molecule has 2 heterocycles. The monoisotopic (exact) mass is 406 g/mol. The number of amides is 1. The zero-order valence-electron chi connectivity index (χ0n) is 17.4. The fraction of sp³-hybridized carbons (Fsp3) is 0.550. The van der Waals surface area contributed by atoms with Crippen LogP contribution in [0.5, 0.6) is 11.5 Å². The van der Waals surface area contributed by atoms with Crippen molar-refractivity contribution in [2.24, 2.45) is 0 Å². The number of methoxy groups -OCH3 is 2. The van der Waals surface area contributed by atoms with Gasteiger partial charge in [0.2, 0.25) is 0 Å². The second kappa shape index (κ2) is 7.88. The second-order valence-electron chi connectivity index (χ2n) is 8.03. The van der Waals surface area contributed by atoms with Crippen molar-refractivity contribution < 1.29 is 23.4 Å². The molecule has 0 bridgehead atoms. The predicted octanol–water partition coefficient (Wildman–Crippen LogP) is 3.48. The number of nitrogens with two attached hydrogens (primary N) is 1. The fourth-order valence-corrected chi connectivity index (χ4v) is 3.40.